The van der Waals surface area contributed by atoms with Crippen LogP contribution in [0, 0.1) is 17.8 Å². The highest BCUT2D eigenvalue weighted by Gasteiger charge is 2.24. The van der Waals surface area contributed by atoms with Crippen molar-refractivity contribution < 1.29 is 4.79 Å². The van der Waals surface area contributed by atoms with Crippen LogP contribution >= 0.6 is 0 Å². The van der Waals surface area contributed by atoms with Crippen LogP contribution in [0.3, 0.4) is 0 Å². The maximum atomic E-state index is 12.1. The van der Waals surface area contributed by atoms with E-state index in [1.165, 1.54) is 12.8 Å². The Kier molecular flexibility index (Phi) is 4.59. The molecule has 0 radical (unpaired) electrons. The van der Waals surface area contributed by atoms with Crippen molar-refractivity contribution in [2.75, 3.05) is 6.54 Å². The van der Waals surface area contributed by atoms with Crippen LogP contribution in [0.4, 0.5) is 0 Å². The fourth-order valence-electron chi connectivity index (χ4n) is 2.11. The van der Waals surface area contributed by atoms with Gasteiger partial charge >= 0.3 is 0 Å². The van der Waals surface area contributed by atoms with E-state index in [2.05, 4.69) is 24.1 Å². The van der Waals surface area contributed by atoms with Crippen molar-refractivity contribution in [3.8, 4) is 11.8 Å². The van der Waals surface area contributed by atoms with Crippen LogP contribution in [-0.4, -0.2) is 18.5 Å². The molecule has 1 fully saturated rings. The Hall–Kier alpha value is -1.79. The molecule has 0 aliphatic heterocycles. The summed E-state index contributed by atoms with van der Waals surface area (Å²) in [7, 11) is 0. The Labute approximate surface area is 114 Å². The molecule has 0 heterocycles. The molecule has 1 aromatic rings. The lowest BCUT2D eigenvalue weighted by Gasteiger charge is -2.13. The van der Waals surface area contributed by atoms with Crippen LogP contribution in [0.1, 0.15) is 42.1 Å². The van der Waals surface area contributed by atoms with E-state index in [-0.39, 0.29) is 11.9 Å². The molecule has 3 heteroatoms. The van der Waals surface area contributed by atoms with Crippen molar-refractivity contribution in [2.24, 2.45) is 11.7 Å². The topological polar surface area (TPSA) is 55.1 Å². The zero-order valence-corrected chi connectivity index (χ0v) is 11.3. The lowest BCUT2D eigenvalue weighted by Crippen LogP contribution is -2.32. The number of rotatable bonds is 4. The van der Waals surface area contributed by atoms with Gasteiger partial charge in [0.1, 0.15) is 0 Å². The van der Waals surface area contributed by atoms with Gasteiger partial charge in [-0.1, -0.05) is 30.7 Å². The third-order valence-corrected chi connectivity index (χ3v) is 3.22. The minimum absolute atomic E-state index is 0.0236. The fraction of sp³-hybridized carbons (Fsp3) is 0.438. The Balaban J connectivity index is 1.97. The molecule has 1 amide bonds. The number of amides is 1. The lowest BCUT2D eigenvalue weighted by molar-refractivity contribution is 0.0937. The molecule has 100 valence electrons. The molecule has 3 nitrogen and oxygen atoms in total. The fourth-order valence-corrected chi connectivity index (χ4v) is 2.11. The smallest absolute Gasteiger partial charge is 0.251 e. The first kappa shape index (κ1) is 13.6. The Morgan fingerprint density at radius 3 is 3.00 bits per heavy atom. The van der Waals surface area contributed by atoms with E-state index >= 15 is 0 Å². The normalized spacial score (nSPS) is 15.3. The van der Waals surface area contributed by atoms with E-state index in [1.807, 2.05) is 24.3 Å². The number of carbonyl (C=O) groups excluding carboxylic acids is 1. The van der Waals surface area contributed by atoms with Crippen molar-refractivity contribution in [3.05, 3.63) is 35.4 Å². The molecule has 1 saturated carbocycles. The minimum atomic E-state index is -0.0236. The number of carbonyl (C=O) groups is 1. The van der Waals surface area contributed by atoms with Gasteiger partial charge in [-0.3, -0.25) is 4.79 Å². The second-order valence-electron chi connectivity index (χ2n) is 5.14. The van der Waals surface area contributed by atoms with E-state index in [4.69, 9.17) is 5.73 Å². The average Bonchev–Trinajstić information content (AvgIpc) is 3.20. The van der Waals surface area contributed by atoms with Crippen molar-refractivity contribution in [1.82, 2.24) is 5.32 Å². The van der Waals surface area contributed by atoms with Gasteiger partial charge in [0, 0.05) is 17.2 Å². The summed E-state index contributed by atoms with van der Waals surface area (Å²) >= 11 is 0. The second-order valence-corrected chi connectivity index (χ2v) is 5.14. The van der Waals surface area contributed by atoms with Gasteiger partial charge in [0.15, 0.2) is 0 Å². The van der Waals surface area contributed by atoms with Gasteiger partial charge in [0.25, 0.3) is 5.91 Å². The standard InChI is InChI=1S/C16H20N2O/c1-12(10-14-7-8-14)18-16(19)15-6-2-4-13(11-15)5-3-9-17/h2,4,6,11-12,14H,7-10,17H2,1H3,(H,18,19). The van der Waals surface area contributed by atoms with Gasteiger partial charge in [-0.25, -0.2) is 0 Å². The molecule has 19 heavy (non-hydrogen) atoms. The summed E-state index contributed by atoms with van der Waals surface area (Å²) in [6, 6.07) is 7.58. The largest absolute Gasteiger partial charge is 0.350 e. The van der Waals surface area contributed by atoms with Crippen molar-refractivity contribution in [3.63, 3.8) is 0 Å². The monoisotopic (exact) mass is 256 g/mol. The average molecular weight is 256 g/mol. The first-order valence-corrected chi connectivity index (χ1v) is 6.79. The van der Waals surface area contributed by atoms with Gasteiger partial charge in [-0.15, -0.1) is 0 Å². The van der Waals surface area contributed by atoms with Gasteiger partial charge < -0.3 is 11.1 Å². The maximum absolute atomic E-state index is 12.1. The number of nitrogens with two attached hydrogens (primary N) is 1. The van der Waals surface area contributed by atoms with Gasteiger partial charge in [-0.2, -0.15) is 0 Å². The molecule has 1 atom stereocenters. The lowest BCUT2D eigenvalue weighted by atomic mass is 10.1. The number of benzene rings is 1. The molecular formula is C16H20N2O. The zero-order valence-electron chi connectivity index (χ0n) is 11.3. The summed E-state index contributed by atoms with van der Waals surface area (Å²) in [5, 5.41) is 3.04. The van der Waals surface area contributed by atoms with E-state index in [1.54, 1.807) is 0 Å². The molecule has 0 aromatic heterocycles. The Morgan fingerprint density at radius 2 is 2.32 bits per heavy atom. The predicted molar refractivity (Wildman–Crippen MR) is 76.6 cm³/mol. The minimum Gasteiger partial charge on any atom is -0.350 e. The molecule has 1 unspecified atom stereocenters. The SMILES string of the molecule is CC(CC1CC1)NC(=O)c1cccc(C#CCN)c1. The highest BCUT2D eigenvalue weighted by atomic mass is 16.1. The first-order chi connectivity index (χ1) is 9.19. The van der Waals surface area contributed by atoms with E-state index in [0.29, 0.717) is 12.1 Å². The van der Waals surface area contributed by atoms with Crippen molar-refractivity contribution >= 4 is 5.91 Å². The molecule has 1 aliphatic carbocycles. The highest BCUT2D eigenvalue weighted by molar-refractivity contribution is 5.94. The molecule has 0 bridgehead atoms. The summed E-state index contributed by atoms with van der Waals surface area (Å²) in [6.07, 6.45) is 3.70. The summed E-state index contributed by atoms with van der Waals surface area (Å²) in [5.41, 5.74) is 6.83. The maximum Gasteiger partial charge on any atom is 0.251 e. The van der Waals surface area contributed by atoms with E-state index in [9.17, 15) is 4.79 Å². The van der Waals surface area contributed by atoms with E-state index in [0.717, 1.165) is 17.9 Å². The van der Waals surface area contributed by atoms with Gasteiger partial charge in [0.2, 0.25) is 0 Å². The van der Waals surface area contributed by atoms with Crippen LogP contribution in [0.15, 0.2) is 24.3 Å². The summed E-state index contributed by atoms with van der Waals surface area (Å²) in [5.74, 6) is 6.53. The van der Waals surface area contributed by atoms with Crippen molar-refractivity contribution in [2.45, 2.75) is 32.2 Å². The molecule has 2 rings (SSSR count). The molecule has 3 N–H and O–H groups in total. The third kappa shape index (κ3) is 4.42. The second kappa shape index (κ2) is 6.40. The van der Waals surface area contributed by atoms with Crippen LogP contribution in [0.2, 0.25) is 0 Å². The molecule has 0 saturated heterocycles. The van der Waals surface area contributed by atoms with E-state index < -0.39 is 0 Å². The summed E-state index contributed by atoms with van der Waals surface area (Å²) in [4.78, 5) is 12.1. The van der Waals surface area contributed by atoms with Gasteiger partial charge in [-0.05, 0) is 37.5 Å². The third-order valence-electron chi connectivity index (χ3n) is 3.22. The van der Waals surface area contributed by atoms with Crippen LogP contribution in [0.5, 0.6) is 0 Å². The van der Waals surface area contributed by atoms with Crippen LogP contribution < -0.4 is 11.1 Å². The molecule has 1 aromatic carbocycles. The summed E-state index contributed by atoms with van der Waals surface area (Å²) in [6.45, 7) is 2.39. The summed E-state index contributed by atoms with van der Waals surface area (Å²) < 4.78 is 0. The van der Waals surface area contributed by atoms with Gasteiger partial charge in [0.05, 0.1) is 6.54 Å². The number of nitrogens with one attached hydrogen (secondary N) is 1. The zero-order chi connectivity index (χ0) is 13.7. The Morgan fingerprint density at radius 1 is 1.53 bits per heavy atom. The van der Waals surface area contributed by atoms with Crippen LogP contribution in [-0.2, 0) is 0 Å². The predicted octanol–water partition coefficient (Wildman–Crippen LogP) is 1.92. The molecule has 0 spiro atoms. The molecule has 1 aliphatic rings. The number of hydrogen-bond donors (Lipinski definition) is 2. The highest BCUT2D eigenvalue weighted by Crippen LogP contribution is 2.33. The van der Waals surface area contributed by atoms with Crippen LogP contribution in [0.25, 0.3) is 0 Å². The van der Waals surface area contributed by atoms with Crippen molar-refractivity contribution in [1.29, 1.82) is 0 Å². The quantitative estimate of drug-likeness (QED) is 0.809. The Bertz CT molecular complexity index is 509. The number of hydrogen-bond acceptors (Lipinski definition) is 2. The first-order valence-electron chi connectivity index (χ1n) is 6.79. The molecular weight excluding hydrogens is 236 g/mol.